The first-order chi connectivity index (χ1) is 24.1. The standard InChI is InChI=1S/C24H19OP.C17H12F3NO3.Eu/c25-26(21-14-6-2-7-15-21,22-16-8-3-9-17-22)24-19-11-10-18-23(24)20-12-4-1-5-13-20;1-2-21-13-10-6-4-3-5-9(10)7-8-11(13)14(22)12(16(21)24)15(23)17(18,19)20;/h1-19H;3-8,22H,2H2,1H3;. The number of aromatic nitrogens is 1. The van der Waals surface area contributed by atoms with Crippen molar-refractivity contribution in [1.29, 1.82) is 0 Å². The fraction of sp³-hybridized carbons (Fsp3) is 0.0732. The Bertz CT molecular complexity index is 2390. The number of benzene rings is 6. The molecule has 0 aliphatic heterocycles. The number of carbonyl (C=O) groups is 1. The number of alkyl halides is 3. The number of ketones is 1. The molecule has 0 fully saturated rings. The molecule has 6 aromatic carbocycles. The zero-order valence-electron chi connectivity index (χ0n) is 27.2. The van der Waals surface area contributed by atoms with Gasteiger partial charge in [-0.1, -0.05) is 146 Å². The van der Waals surface area contributed by atoms with Gasteiger partial charge in [0.25, 0.3) is 11.3 Å². The van der Waals surface area contributed by atoms with E-state index in [-0.39, 0.29) is 61.3 Å². The van der Waals surface area contributed by atoms with E-state index in [9.17, 15) is 32.4 Å². The molecular weight excluding hydrogens is 810 g/mol. The molecule has 1 heterocycles. The van der Waals surface area contributed by atoms with Crippen molar-refractivity contribution in [3.05, 3.63) is 168 Å². The number of aromatic hydroxyl groups is 1. The molecule has 0 spiro atoms. The minimum Gasteiger partial charge on any atom is -0.506 e. The molecule has 51 heavy (non-hydrogen) atoms. The molecule has 0 saturated carbocycles. The van der Waals surface area contributed by atoms with Crippen LogP contribution in [-0.2, 0) is 11.1 Å². The maximum absolute atomic E-state index is 14.6. The predicted octanol–water partition coefficient (Wildman–Crippen LogP) is 8.62. The van der Waals surface area contributed by atoms with Crippen molar-refractivity contribution < 1.29 is 77.0 Å². The average Bonchev–Trinajstić information content (AvgIpc) is 3.15. The first kappa shape index (κ1) is 38.1. The van der Waals surface area contributed by atoms with Crippen molar-refractivity contribution in [2.24, 2.45) is 0 Å². The maximum Gasteiger partial charge on any atom is 0.455 e. The molecule has 0 unspecified atom stereocenters. The van der Waals surface area contributed by atoms with Gasteiger partial charge in [0.1, 0.15) is 11.3 Å². The normalized spacial score (nSPS) is 11.4. The van der Waals surface area contributed by atoms with Gasteiger partial charge in [0.15, 0.2) is 7.14 Å². The second-order valence-corrected chi connectivity index (χ2v) is 14.2. The second kappa shape index (κ2) is 16.0. The molecule has 0 aliphatic rings. The summed E-state index contributed by atoms with van der Waals surface area (Å²) >= 11 is 0. The molecule has 0 saturated heterocycles. The Morgan fingerprint density at radius 3 is 1.76 bits per heavy atom. The van der Waals surface area contributed by atoms with Crippen molar-refractivity contribution in [3.8, 4) is 16.9 Å². The van der Waals surface area contributed by atoms with Crippen LogP contribution in [0, 0.1) is 49.4 Å². The number of pyridine rings is 1. The van der Waals surface area contributed by atoms with E-state index in [1.165, 1.54) is 6.07 Å². The summed E-state index contributed by atoms with van der Waals surface area (Å²) in [5.41, 5.74) is 0.00413. The van der Waals surface area contributed by atoms with Crippen molar-refractivity contribution in [1.82, 2.24) is 4.57 Å². The monoisotopic (exact) mass is 842 g/mol. The molecular formula is C41H31EuF3NO4P. The van der Waals surface area contributed by atoms with E-state index < -0.39 is 36.0 Å². The number of hydrogen-bond donors (Lipinski definition) is 1. The van der Waals surface area contributed by atoms with Gasteiger partial charge >= 0.3 is 6.18 Å². The zero-order valence-corrected chi connectivity index (χ0v) is 30.5. The Labute approximate surface area is 333 Å². The summed E-state index contributed by atoms with van der Waals surface area (Å²) in [6.07, 6.45) is -5.24. The van der Waals surface area contributed by atoms with Crippen LogP contribution < -0.4 is 21.5 Å². The maximum atomic E-state index is 14.6. The number of Topliss-reactive ketones (excluding diaryl/α,β-unsaturated/α-hetero) is 1. The van der Waals surface area contributed by atoms with Gasteiger partial charge in [-0.25, -0.2) is 0 Å². The number of nitrogens with zero attached hydrogens (tertiary/aromatic N) is 1. The molecule has 0 atom stereocenters. The van der Waals surface area contributed by atoms with Crippen LogP contribution in [0.3, 0.4) is 0 Å². The second-order valence-electron chi connectivity index (χ2n) is 11.4. The van der Waals surface area contributed by atoms with Crippen LogP contribution in [0.4, 0.5) is 13.2 Å². The Morgan fingerprint density at radius 1 is 0.686 bits per heavy atom. The molecule has 257 valence electrons. The first-order valence-corrected chi connectivity index (χ1v) is 17.5. The molecule has 7 aromatic rings. The topological polar surface area (TPSA) is 76.4 Å². The predicted molar refractivity (Wildman–Crippen MR) is 195 cm³/mol. The van der Waals surface area contributed by atoms with Crippen molar-refractivity contribution >= 4 is 50.5 Å². The van der Waals surface area contributed by atoms with Gasteiger partial charge in [-0.15, -0.1) is 0 Å². The minimum atomic E-state index is -5.24. The van der Waals surface area contributed by atoms with Crippen LogP contribution in [-0.4, -0.2) is 21.6 Å². The summed E-state index contributed by atoms with van der Waals surface area (Å²) in [5, 5.41) is 14.2. The quantitative estimate of drug-likeness (QED) is 0.103. The zero-order chi connectivity index (χ0) is 35.5. The largest absolute Gasteiger partial charge is 0.506 e. The van der Waals surface area contributed by atoms with Gasteiger partial charge in [-0.2, -0.15) is 13.2 Å². The van der Waals surface area contributed by atoms with E-state index in [1.807, 2.05) is 97.1 Å². The Kier molecular flexibility index (Phi) is 12.0. The molecule has 1 aromatic heterocycles. The molecule has 1 radical (unpaired) electrons. The minimum absolute atomic E-state index is 0. The smallest absolute Gasteiger partial charge is 0.455 e. The molecule has 7 rings (SSSR count). The van der Waals surface area contributed by atoms with Crippen LogP contribution >= 0.6 is 7.14 Å². The fourth-order valence-corrected chi connectivity index (χ4v) is 9.05. The van der Waals surface area contributed by atoms with Gasteiger partial charge < -0.3 is 14.2 Å². The summed E-state index contributed by atoms with van der Waals surface area (Å²) in [7, 11) is -2.98. The van der Waals surface area contributed by atoms with Crippen LogP contribution in [0.25, 0.3) is 32.8 Å². The summed E-state index contributed by atoms with van der Waals surface area (Å²) < 4.78 is 54.0. The SMILES string of the molecule is CCn1c(=O)c(C(=O)C(F)(F)F)c(O)c2ccc3ccccc3c21.O=P(c1ccccc1)(c1ccccc1)c1ccccc1-c1ccccc1.[Eu]. The summed E-state index contributed by atoms with van der Waals surface area (Å²) in [4.78, 5) is 24.0. The van der Waals surface area contributed by atoms with Crippen molar-refractivity contribution in [2.45, 2.75) is 19.6 Å². The van der Waals surface area contributed by atoms with Crippen LogP contribution in [0.1, 0.15) is 17.3 Å². The van der Waals surface area contributed by atoms with Crippen LogP contribution in [0.2, 0.25) is 0 Å². The van der Waals surface area contributed by atoms with Crippen molar-refractivity contribution in [2.75, 3.05) is 0 Å². The first-order valence-electron chi connectivity index (χ1n) is 15.8. The summed E-state index contributed by atoms with van der Waals surface area (Å²) in [6.45, 7) is 1.64. The molecule has 1 N–H and O–H groups in total. The summed E-state index contributed by atoms with van der Waals surface area (Å²) in [6, 6.07) is 47.8. The van der Waals surface area contributed by atoms with Gasteiger partial charge in [0, 0.05) is 82.6 Å². The number of halogens is 3. The molecule has 10 heteroatoms. The van der Waals surface area contributed by atoms with Crippen molar-refractivity contribution in [3.63, 3.8) is 0 Å². The van der Waals surface area contributed by atoms with E-state index in [2.05, 4.69) is 18.2 Å². The third kappa shape index (κ3) is 7.45. The molecule has 0 amide bonds. The van der Waals surface area contributed by atoms with Crippen LogP contribution in [0.15, 0.2) is 156 Å². The molecule has 0 aliphatic carbocycles. The Balaban J connectivity index is 0.000000195. The number of carbonyl (C=O) groups excluding carboxylic acids is 1. The number of fused-ring (bicyclic) bond motifs is 3. The third-order valence-corrected chi connectivity index (χ3v) is 11.6. The van der Waals surface area contributed by atoms with Crippen LogP contribution in [0.5, 0.6) is 5.75 Å². The van der Waals surface area contributed by atoms with Gasteiger partial charge in [0.05, 0.1) is 5.52 Å². The van der Waals surface area contributed by atoms with E-state index in [0.29, 0.717) is 10.9 Å². The van der Waals surface area contributed by atoms with E-state index in [0.717, 1.165) is 37.0 Å². The number of rotatable bonds is 6. The number of hydrogen-bond acceptors (Lipinski definition) is 4. The van der Waals surface area contributed by atoms with E-state index in [1.54, 1.807) is 37.3 Å². The molecule has 0 bridgehead atoms. The van der Waals surface area contributed by atoms with Gasteiger partial charge in [-0.05, 0) is 29.5 Å². The molecule has 5 nitrogen and oxygen atoms in total. The average molecular weight is 842 g/mol. The van der Waals surface area contributed by atoms with Gasteiger partial charge in [-0.3, -0.25) is 9.59 Å². The summed E-state index contributed by atoms with van der Waals surface area (Å²) in [5.74, 6) is -3.28. The fourth-order valence-electron chi connectivity index (χ4n) is 6.17. The van der Waals surface area contributed by atoms with E-state index >= 15 is 0 Å². The van der Waals surface area contributed by atoms with Gasteiger partial charge in [0.2, 0.25) is 0 Å². The number of aryl methyl sites for hydroxylation is 1. The Hall–Kier alpha value is -4.14. The Morgan fingerprint density at radius 2 is 1.20 bits per heavy atom. The third-order valence-electron chi connectivity index (χ3n) is 8.49. The van der Waals surface area contributed by atoms with E-state index in [4.69, 9.17) is 0 Å².